The first-order chi connectivity index (χ1) is 32.0. The molecule has 0 saturated heterocycles. The molecule has 0 saturated carbocycles. The van der Waals surface area contributed by atoms with Crippen LogP contribution in [0.1, 0.15) is 63.8 Å². The molecule has 0 aromatic heterocycles. The van der Waals surface area contributed by atoms with Crippen LogP contribution >= 0.6 is 55.4 Å². The molecule has 4 heterocycles. The van der Waals surface area contributed by atoms with Gasteiger partial charge in [-0.1, -0.05) is 156 Å². The molecule has 8 aromatic rings. The highest BCUT2D eigenvalue weighted by molar-refractivity contribution is 9.10. The fourth-order valence-corrected chi connectivity index (χ4v) is 13.9. The lowest BCUT2D eigenvalue weighted by molar-refractivity contribution is 0.631. The van der Waals surface area contributed by atoms with Crippen LogP contribution in [0.2, 0.25) is 0 Å². The molecule has 0 bridgehead atoms. The van der Waals surface area contributed by atoms with Crippen molar-refractivity contribution in [3.05, 3.63) is 201 Å². The van der Waals surface area contributed by atoms with Crippen molar-refractivity contribution in [2.75, 3.05) is 32.7 Å². The predicted molar refractivity (Wildman–Crippen MR) is 288 cm³/mol. The molecule has 0 fully saturated rings. The summed E-state index contributed by atoms with van der Waals surface area (Å²) in [7, 11) is 0. The Kier molecular flexibility index (Phi) is 11.0. The van der Waals surface area contributed by atoms with Crippen molar-refractivity contribution in [1.29, 1.82) is 0 Å². The summed E-state index contributed by atoms with van der Waals surface area (Å²) in [4.78, 5) is 14.9. The van der Waals surface area contributed by atoms with E-state index in [1.807, 2.05) is 23.5 Å². The lowest BCUT2D eigenvalue weighted by atomic mass is 9.73. The summed E-state index contributed by atoms with van der Waals surface area (Å²) in [5.74, 6) is 0. The number of hydrogen-bond donors (Lipinski definition) is 0. The maximum atomic E-state index is 3.55. The molecule has 0 spiro atoms. The van der Waals surface area contributed by atoms with Gasteiger partial charge in [0.15, 0.2) is 0 Å². The largest absolute Gasteiger partial charge is 0.340 e. The Hall–Kier alpha value is -5.38. The second-order valence-electron chi connectivity index (χ2n) is 18.2. The summed E-state index contributed by atoms with van der Waals surface area (Å²) < 4.78 is 2.26. The molecule has 4 nitrogen and oxygen atoms in total. The van der Waals surface area contributed by atoms with E-state index in [0.29, 0.717) is 0 Å². The molecule has 4 aliphatic rings. The van der Waals surface area contributed by atoms with Crippen LogP contribution in [0, 0.1) is 0 Å². The third kappa shape index (κ3) is 7.01. The number of hydrogen-bond acceptors (Lipinski definition) is 6. The smallest absolute Gasteiger partial charge is 0.0554 e. The Labute approximate surface area is 414 Å². The lowest BCUT2D eigenvalue weighted by Gasteiger charge is -2.43. The van der Waals surface area contributed by atoms with Gasteiger partial charge in [-0.05, 0) is 133 Å². The van der Waals surface area contributed by atoms with Gasteiger partial charge in [-0.25, -0.2) is 0 Å². The summed E-state index contributed by atoms with van der Waals surface area (Å²) in [6, 6.07) is 62.6. The lowest BCUT2D eigenvalue weighted by Crippen LogP contribution is -2.30. The average molecular weight is 1030 g/mol. The van der Waals surface area contributed by atoms with Gasteiger partial charge in [0, 0.05) is 63.8 Å². The van der Waals surface area contributed by atoms with Gasteiger partial charge in [0.25, 0.3) is 0 Å². The summed E-state index contributed by atoms with van der Waals surface area (Å²) in [6.45, 7) is 15.7. The minimum absolute atomic E-state index is 0.0815. The molecular weight excluding hydrogens is 977 g/mol. The molecule has 0 N–H and O–H groups in total. The summed E-state index contributed by atoms with van der Waals surface area (Å²) in [6.07, 6.45) is 0. The van der Waals surface area contributed by atoms with Crippen LogP contribution in [0.5, 0.6) is 0 Å². The Morgan fingerprint density at radius 3 is 0.970 bits per heavy atom. The predicted octanol–water partition coefficient (Wildman–Crippen LogP) is 18.4. The number of benzene rings is 8. The molecule has 66 heavy (non-hydrogen) atoms. The summed E-state index contributed by atoms with van der Waals surface area (Å²) in [5.41, 5.74) is 17.7. The van der Waals surface area contributed by atoms with Crippen LogP contribution in [-0.2, 0) is 10.8 Å². The summed E-state index contributed by atoms with van der Waals surface area (Å²) in [5, 5.41) is 0. The number of halogens is 2. The molecule has 12 rings (SSSR count). The van der Waals surface area contributed by atoms with Gasteiger partial charge < -0.3 is 19.6 Å². The maximum Gasteiger partial charge on any atom is 0.0554 e. The number of anilines is 10. The Morgan fingerprint density at radius 1 is 0.364 bits per heavy atom. The molecule has 0 atom stereocenters. The number of rotatable bonds is 4. The zero-order valence-corrected chi connectivity index (χ0v) is 42.7. The van der Waals surface area contributed by atoms with E-state index in [-0.39, 0.29) is 10.8 Å². The van der Waals surface area contributed by atoms with E-state index in [1.165, 1.54) is 98.7 Å². The van der Waals surface area contributed by atoms with Crippen LogP contribution in [0.4, 0.5) is 56.9 Å². The standard InChI is InChI=1S/C44H39N3S.C14H11Br2NS/c1-6-45-39-25-23-29(46-35-19-11-7-15-31(35)43(2,3)32-16-8-12-20-36(32)46)27-41(39)48-42-28-30(24-26-40(42)45)47-37-21-13-9-17-33(37)44(4,5)34-18-10-14-22-38(34)47;1-2-17-11-5-3-9(15)7-13(11)18-14-8-10(16)4-6-12(14)17/h7-28H,6H2,1-5H3;3-8H,2H2,1H3. The second-order valence-corrected chi connectivity index (χ2v) is 22.2. The van der Waals surface area contributed by atoms with Gasteiger partial charge in [0.1, 0.15) is 0 Å². The molecule has 8 heteroatoms. The van der Waals surface area contributed by atoms with Crippen LogP contribution in [0.3, 0.4) is 0 Å². The van der Waals surface area contributed by atoms with E-state index >= 15 is 0 Å². The molecule has 328 valence electrons. The highest BCUT2D eigenvalue weighted by Gasteiger charge is 2.39. The highest BCUT2D eigenvalue weighted by Crippen LogP contribution is 2.57. The normalized spacial score (nSPS) is 15.4. The van der Waals surface area contributed by atoms with Crippen molar-refractivity contribution in [2.24, 2.45) is 0 Å². The Bertz CT molecular complexity index is 2910. The average Bonchev–Trinajstić information content (AvgIpc) is 3.33. The van der Waals surface area contributed by atoms with Gasteiger partial charge in [-0.2, -0.15) is 0 Å². The number of nitrogens with zero attached hydrogens (tertiary/aromatic N) is 4. The van der Waals surface area contributed by atoms with Gasteiger partial charge >= 0.3 is 0 Å². The molecule has 0 unspecified atom stereocenters. The van der Waals surface area contributed by atoms with Crippen molar-refractivity contribution >= 4 is 112 Å². The minimum Gasteiger partial charge on any atom is -0.340 e. The van der Waals surface area contributed by atoms with E-state index in [1.54, 1.807) is 0 Å². The monoisotopic (exact) mass is 1020 g/mol. The van der Waals surface area contributed by atoms with E-state index in [2.05, 4.69) is 263 Å². The van der Waals surface area contributed by atoms with E-state index in [0.717, 1.165) is 22.0 Å². The van der Waals surface area contributed by atoms with Crippen LogP contribution in [-0.4, -0.2) is 13.1 Å². The van der Waals surface area contributed by atoms with E-state index < -0.39 is 0 Å². The van der Waals surface area contributed by atoms with Crippen LogP contribution in [0.25, 0.3) is 0 Å². The zero-order chi connectivity index (χ0) is 45.5. The summed E-state index contributed by atoms with van der Waals surface area (Å²) >= 11 is 10.8. The number of fused-ring (bicyclic) bond motifs is 8. The van der Waals surface area contributed by atoms with Crippen LogP contribution < -0.4 is 19.6 Å². The van der Waals surface area contributed by atoms with Crippen LogP contribution in [0.15, 0.2) is 198 Å². The minimum atomic E-state index is -0.0815. The van der Waals surface area contributed by atoms with Crippen molar-refractivity contribution in [1.82, 2.24) is 0 Å². The van der Waals surface area contributed by atoms with Crippen molar-refractivity contribution in [2.45, 2.75) is 72.0 Å². The third-order valence-corrected chi connectivity index (χ3v) is 16.9. The topological polar surface area (TPSA) is 13.0 Å². The zero-order valence-electron chi connectivity index (χ0n) is 37.9. The van der Waals surface area contributed by atoms with Gasteiger partial charge in [0.2, 0.25) is 0 Å². The maximum absolute atomic E-state index is 3.55. The molecule has 4 aliphatic heterocycles. The van der Waals surface area contributed by atoms with Crippen molar-refractivity contribution < 1.29 is 0 Å². The van der Waals surface area contributed by atoms with Crippen molar-refractivity contribution in [3.63, 3.8) is 0 Å². The van der Waals surface area contributed by atoms with Crippen molar-refractivity contribution in [3.8, 4) is 0 Å². The van der Waals surface area contributed by atoms with Gasteiger partial charge in [0.05, 0.1) is 45.5 Å². The Morgan fingerprint density at radius 2 is 0.652 bits per heavy atom. The molecular formula is C58H50Br2N4S2. The molecule has 0 aliphatic carbocycles. The van der Waals surface area contributed by atoms with Gasteiger partial charge in [-0.3, -0.25) is 0 Å². The third-order valence-electron chi connectivity index (χ3n) is 13.8. The second kappa shape index (κ2) is 16.7. The SMILES string of the molecule is CCN1c2ccc(Br)cc2Sc2cc(Br)ccc21.CCN1c2ccc(N3c4ccccc4C(C)(C)c4ccccc43)cc2Sc2cc(N3c4ccccc4C(C)(C)c4ccccc43)ccc21. The van der Waals surface area contributed by atoms with Gasteiger partial charge in [-0.15, -0.1) is 0 Å². The number of para-hydroxylation sites is 4. The first-order valence-electron chi connectivity index (χ1n) is 22.7. The fraction of sp³-hybridized carbons (Fsp3) is 0.172. The first kappa shape index (κ1) is 43.2. The van der Waals surface area contributed by atoms with E-state index in [4.69, 9.17) is 0 Å². The highest BCUT2D eigenvalue weighted by atomic mass is 79.9. The Balaban J connectivity index is 0.000000223. The quantitative estimate of drug-likeness (QED) is 0.173. The molecule has 8 aromatic carbocycles. The fourth-order valence-electron chi connectivity index (χ4n) is 10.6. The van der Waals surface area contributed by atoms with E-state index in [9.17, 15) is 0 Å². The first-order valence-corrected chi connectivity index (χ1v) is 26.0. The molecule has 0 amide bonds. The molecule has 0 radical (unpaired) electrons.